The maximum Gasteiger partial charge on any atom is 0.0569 e. The lowest BCUT2D eigenvalue weighted by Crippen LogP contribution is -2.62. The van der Waals surface area contributed by atoms with Gasteiger partial charge in [-0.2, -0.15) is 0 Å². The molecule has 4 aliphatic heterocycles. The maximum atomic E-state index is 2.79. The van der Waals surface area contributed by atoms with Crippen LogP contribution >= 0.6 is 0 Å². The third-order valence-corrected chi connectivity index (χ3v) is 6.06. The van der Waals surface area contributed by atoms with Crippen LogP contribution in [-0.4, -0.2) is 30.1 Å². The highest BCUT2D eigenvalue weighted by Gasteiger charge is 2.52. The first-order valence-electron chi connectivity index (χ1n) is 8.15. The molecule has 0 amide bonds. The summed E-state index contributed by atoms with van der Waals surface area (Å²) in [5.41, 5.74) is 4.59. The van der Waals surface area contributed by atoms with Crippen molar-refractivity contribution in [3.8, 4) is 0 Å². The van der Waals surface area contributed by atoms with Gasteiger partial charge in [0, 0.05) is 23.3 Å². The van der Waals surface area contributed by atoms with Gasteiger partial charge in [0.15, 0.2) is 0 Å². The monoisotopic (exact) mass is 266 g/mol. The van der Waals surface area contributed by atoms with Gasteiger partial charge >= 0.3 is 0 Å². The number of rotatable bonds is 0. The summed E-state index contributed by atoms with van der Waals surface area (Å²) >= 11 is 0. The van der Waals surface area contributed by atoms with E-state index in [0.29, 0.717) is 6.04 Å². The maximum absolute atomic E-state index is 2.79. The van der Waals surface area contributed by atoms with E-state index in [1.807, 2.05) is 0 Å². The molecule has 5 rings (SSSR count). The molecule has 0 N–H and O–H groups in total. The number of fused-ring (bicyclic) bond motifs is 3. The first-order valence-corrected chi connectivity index (χ1v) is 8.15. The molecule has 4 atom stereocenters. The van der Waals surface area contributed by atoms with Crippen LogP contribution in [0.3, 0.4) is 0 Å². The molecule has 4 aliphatic rings. The highest BCUT2D eigenvalue weighted by Crippen LogP contribution is 2.53. The highest BCUT2D eigenvalue weighted by atomic mass is 15.3. The highest BCUT2D eigenvalue weighted by molar-refractivity contribution is 5.67. The largest absolute Gasteiger partial charge is 0.340 e. The Morgan fingerprint density at radius 2 is 1.95 bits per heavy atom. The van der Waals surface area contributed by atoms with Gasteiger partial charge in [-0.3, -0.25) is 4.90 Å². The van der Waals surface area contributed by atoms with Crippen molar-refractivity contribution in [2.75, 3.05) is 18.0 Å². The minimum absolute atomic E-state index is 0.705. The number of hydrogen-bond acceptors (Lipinski definition) is 2. The van der Waals surface area contributed by atoms with Crippen LogP contribution in [0.2, 0.25) is 0 Å². The van der Waals surface area contributed by atoms with Crippen molar-refractivity contribution in [1.82, 2.24) is 4.90 Å². The van der Waals surface area contributed by atoms with Crippen LogP contribution in [-0.2, 0) is 0 Å². The van der Waals surface area contributed by atoms with Crippen LogP contribution in [0.1, 0.15) is 37.7 Å². The second-order valence-corrected chi connectivity index (χ2v) is 6.96. The van der Waals surface area contributed by atoms with Gasteiger partial charge < -0.3 is 4.90 Å². The fourth-order valence-electron chi connectivity index (χ4n) is 5.41. The first-order chi connectivity index (χ1) is 9.84. The van der Waals surface area contributed by atoms with Crippen LogP contribution in [0.4, 0.5) is 5.69 Å². The van der Waals surface area contributed by atoms with Crippen molar-refractivity contribution in [2.45, 2.75) is 44.2 Å². The molecule has 1 aromatic rings. The van der Waals surface area contributed by atoms with E-state index >= 15 is 0 Å². The molecule has 0 aromatic heterocycles. The molecule has 2 nitrogen and oxygen atoms in total. The second-order valence-electron chi connectivity index (χ2n) is 6.96. The van der Waals surface area contributed by atoms with Crippen molar-refractivity contribution in [3.63, 3.8) is 0 Å². The van der Waals surface area contributed by atoms with Crippen molar-refractivity contribution in [2.24, 2.45) is 5.92 Å². The number of hydrogen-bond donors (Lipinski definition) is 0. The second kappa shape index (κ2) is 3.88. The summed E-state index contributed by atoms with van der Waals surface area (Å²) in [5, 5.41) is 0. The molecule has 2 heteroatoms. The molecule has 4 heterocycles. The van der Waals surface area contributed by atoms with Crippen LogP contribution in [0.25, 0.3) is 0 Å². The van der Waals surface area contributed by atoms with Crippen molar-refractivity contribution in [3.05, 3.63) is 41.6 Å². The van der Waals surface area contributed by atoms with Crippen LogP contribution in [0, 0.1) is 5.92 Å². The van der Waals surface area contributed by atoms with Gasteiger partial charge in [0.1, 0.15) is 0 Å². The van der Waals surface area contributed by atoms with Gasteiger partial charge in [0.25, 0.3) is 0 Å². The Kier molecular flexibility index (Phi) is 2.21. The summed E-state index contributed by atoms with van der Waals surface area (Å²) in [6, 6.07) is 10.6. The quantitative estimate of drug-likeness (QED) is 0.710. The average molecular weight is 266 g/mol. The molecule has 2 unspecified atom stereocenters. The summed E-state index contributed by atoms with van der Waals surface area (Å²) in [7, 11) is 0. The fraction of sp³-hybridized carbons (Fsp3) is 0.556. The third kappa shape index (κ3) is 1.28. The van der Waals surface area contributed by atoms with E-state index in [9.17, 15) is 0 Å². The van der Waals surface area contributed by atoms with E-state index in [-0.39, 0.29) is 0 Å². The molecule has 0 spiro atoms. The third-order valence-electron chi connectivity index (χ3n) is 6.06. The summed E-state index contributed by atoms with van der Waals surface area (Å²) < 4.78 is 0. The number of anilines is 1. The average Bonchev–Trinajstić information content (AvgIpc) is 2.82. The first kappa shape index (κ1) is 11.4. The minimum Gasteiger partial charge on any atom is -0.340 e. The SMILES string of the molecule is CC1=CC2CCCN3CCC4c5ccccc5N1[C@@H]4[C@H]23. The predicted octanol–water partition coefficient (Wildman–Crippen LogP) is 3.36. The number of allylic oxidation sites excluding steroid dienone is 1. The van der Waals surface area contributed by atoms with E-state index in [1.54, 1.807) is 5.56 Å². The summed E-state index contributed by atoms with van der Waals surface area (Å²) in [5.74, 6) is 1.55. The molecular weight excluding hydrogens is 244 g/mol. The molecule has 1 aromatic carbocycles. The zero-order chi connectivity index (χ0) is 13.3. The van der Waals surface area contributed by atoms with E-state index < -0.39 is 0 Å². The minimum atomic E-state index is 0.705. The Balaban J connectivity index is 1.71. The van der Waals surface area contributed by atoms with E-state index in [0.717, 1.165) is 17.9 Å². The lowest BCUT2D eigenvalue weighted by Gasteiger charge is -2.54. The van der Waals surface area contributed by atoms with E-state index in [1.165, 1.54) is 43.7 Å². The number of para-hydroxylation sites is 1. The van der Waals surface area contributed by atoms with Crippen molar-refractivity contribution >= 4 is 5.69 Å². The molecule has 0 bridgehead atoms. The number of nitrogens with zero attached hydrogens (tertiary/aromatic N) is 2. The molecule has 0 saturated carbocycles. The van der Waals surface area contributed by atoms with Crippen molar-refractivity contribution < 1.29 is 0 Å². The fourth-order valence-corrected chi connectivity index (χ4v) is 5.41. The molecule has 104 valence electrons. The summed E-state index contributed by atoms with van der Waals surface area (Å²) in [6.45, 7) is 4.95. The molecule has 2 fully saturated rings. The predicted molar refractivity (Wildman–Crippen MR) is 81.9 cm³/mol. The standard InChI is InChI=1S/C18H22N2/c1-12-11-13-5-4-9-19-10-8-15-14-6-2-3-7-16(14)20(12)18(15)17(13)19/h2-3,6-7,11,13,15,17-18H,4-5,8-10H2,1H3/t13?,15?,17-,18-/m0/s1. The molecule has 0 radical (unpaired) electrons. The van der Waals surface area contributed by atoms with Crippen LogP contribution in [0.5, 0.6) is 0 Å². The molecular formula is C18H22N2. The topological polar surface area (TPSA) is 6.48 Å². The van der Waals surface area contributed by atoms with Gasteiger partial charge in [0.05, 0.1) is 6.04 Å². The number of piperidine rings is 2. The Morgan fingerprint density at radius 1 is 1.05 bits per heavy atom. The smallest absolute Gasteiger partial charge is 0.0569 e. The summed E-state index contributed by atoms with van der Waals surface area (Å²) in [4.78, 5) is 5.45. The molecule has 2 saturated heterocycles. The van der Waals surface area contributed by atoms with Gasteiger partial charge in [-0.15, -0.1) is 0 Å². The lowest BCUT2D eigenvalue weighted by molar-refractivity contribution is 0.0489. The van der Waals surface area contributed by atoms with Crippen LogP contribution < -0.4 is 4.90 Å². The van der Waals surface area contributed by atoms with Gasteiger partial charge in [0.2, 0.25) is 0 Å². The molecule has 20 heavy (non-hydrogen) atoms. The van der Waals surface area contributed by atoms with Crippen molar-refractivity contribution in [1.29, 1.82) is 0 Å². The normalized spacial score (nSPS) is 38.2. The van der Waals surface area contributed by atoms with Gasteiger partial charge in [-0.1, -0.05) is 24.3 Å². The van der Waals surface area contributed by atoms with Gasteiger partial charge in [-0.05, 0) is 56.8 Å². The summed E-state index contributed by atoms with van der Waals surface area (Å²) in [6.07, 6.45) is 6.69. The van der Waals surface area contributed by atoms with Crippen LogP contribution in [0.15, 0.2) is 36.0 Å². The molecule has 0 aliphatic carbocycles. The van der Waals surface area contributed by atoms with E-state index in [2.05, 4.69) is 47.1 Å². The Labute approximate surface area is 121 Å². The van der Waals surface area contributed by atoms with Gasteiger partial charge in [-0.25, -0.2) is 0 Å². The Morgan fingerprint density at radius 3 is 2.90 bits per heavy atom. The number of benzene rings is 1. The Bertz CT molecular complexity index is 591. The van der Waals surface area contributed by atoms with E-state index in [4.69, 9.17) is 0 Å². The lowest BCUT2D eigenvalue weighted by atomic mass is 9.73. The zero-order valence-corrected chi connectivity index (χ0v) is 12.1. The zero-order valence-electron chi connectivity index (χ0n) is 12.1. The Hall–Kier alpha value is -1.28.